The van der Waals surface area contributed by atoms with Gasteiger partial charge in [0.15, 0.2) is 21.9 Å². The normalized spacial score (nSPS) is 33.9. The van der Waals surface area contributed by atoms with E-state index in [1.54, 1.807) is 50.2 Å². The second-order valence-corrected chi connectivity index (χ2v) is 29.7. The Morgan fingerprint density at radius 3 is 1.45 bits per heavy atom. The minimum atomic E-state index is -1.29. The zero-order valence-electron chi connectivity index (χ0n) is 49.8. The summed E-state index contributed by atoms with van der Waals surface area (Å²) in [5.74, 6) is -6.86. The number of carboxylic acid groups (broad SMARTS) is 1. The van der Waals surface area contributed by atoms with E-state index in [-0.39, 0.29) is 101 Å². The van der Waals surface area contributed by atoms with Gasteiger partial charge in [-0.25, -0.2) is 18.7 Å². The van der Waals surface area contributed by atoms with E-state index in [0.717, 1.165) is 31.2 Å². The zero-order chi connectivity index (χ0) is 63.2. The summed E-state index contributed by atoms with van der Waals surface area (Å²) in [7, 11) is 0. The number of ether oxygens (including phenoxy) is 2. The van der Waals surface area contributed by atoms with Crippen LogP contribution in [0.5, 0.6) is 0 Å². The monoisotopic (exact) mass is 1280 g/mol. The van der Waals surface area contributed by atoms with Crippen molar-refractivity contribution in [3.63, 3.8) is 0 Å². The SMILES string of the molecule is CC1(C)CCC2(CC1)C[C@@H](C(=O)C[C@H]1CO[C@H](CO)C(C)(O)C1)[C@H](c1ccnc(Cl)c1F)[C@]21C(=O)Nc2cc(Cl)ccc21.CC1(C)CCC2(CC1)C[C@@H](C(=O)O)[C@H](c1ccnc(Cl)c1F)C21C(=O)Nc2cc(Cl)ccc21.CC1(O)C[C@@H](N)CO[C@@H]1CO. The molecule has 87 heavy (non-hydrogen) atoms. The van der Waals surface area contributed by atoms with Gasteiger partial charge in [0.25, 0.3) is 0 Å². The first kappa shape index (κ1) is 65.5. The number of aliphatic carboxylic acids is 1. The summed E-state index contributed by atoms with van der Waals surface area (Å²) in [6.45, 7) is 12.2. The second-order valence-electron chi connectivity index (χ2n) is 28.1. The summed E-state index contributed by atoms with van der Waals surface area (Å²) >= 11 is 24.9. The van der Waals surface area contributed by atoms with Gasteiger partial charge in [0.1, 0.15) is 18.0 Å². The third-order valence-electron chi connectivity index (χ3n) is 21.6. The minimum Gasteiger partial charge on any atom is -0.481 e. The minimum absolute atomic E-state index is 0.0709. The molecule has 9 N–H and O–H groups in total. The molecule has 0 bridgehead atoms. The Balaban J connectivity index is 0.000000168. The predicted molar refractivity (Wildman–Crippen MR) is 326 cm³/mol. The first-order valence-corrected chi connectivity index (χ1v) is 31.6. The number of aliphatic hydroxyl groups is 4. The van der Waals surface area contributed by atoms with Crippen molar-refractivity contribution in [2.24, 2.45) is 45.1 Å². The first-order valence-electron chi connectivity index (χ1n) is 30.1. The molecule has 22 heteroatoms. The summed E-state index contributed by atoms with van der Waals surface area (Å²) in [5.41, 5.74) is 2.64. The highest BCUT2D eigenvalue weighted by Gasteiger charge is 2.74. The number of halogens is 6. The zero-order valence-corrected chi connectivity index (χ0v) is 52.9. The number of ketones is 1. The molecule has 6 heterocycles. The lowest BCUT2D eigenvalue weighted by Crippen LogP contribution is -2.54. The highest BCUT2D eigenvalue weighted by atomic mass is 35.5. The molecule has 2 amide bonds. The lowest BCUT2D eigenvalue weighted by Gasteiger charge is -2.51. The number of nitrogens with zero attached hydrogens (tertiary/aromatic N) is 2. The lowest BCUT2D eigenvalue weighted by atomic mass is 9.51. The molecule has 8 aliphatic rings. The number of rotatable bonds is 8. The Bertz CT molecular complexity index is 3330. The second kappa shape index (κ2) is 24.0. The van der Waals surface area contributed by atoms with Crippen molar-refractivity contribution in [2.75, 3.05) is 37.1 Å². The summed E-state index contributed by atoms with van der Waals surface area (Å²) in [6, 6.07) is 13.4. The van der Waals surface area contributed by atoms with Gasteiger partial charge in [0.2, 0.25) is 11.8 Å². The largest absolute Gasteiger partial charge is 0.481 e. The first-order chi connectivity index (χ1) is 40.8. The molecule has 4 aromatic rings. The Morgan fingerprint density at radius 2 is 1.03 bits per heavy atom. The van der Waals surface area contributed by atoms with Crippen molar-refractivity contribution < 1.29 is 63.0 Å². The Kier molecular flexibility index (Phi) is 18.1. The molecule has 6 fully saturated rings. The van der Waals surface area contributed by atoms with E-state index < -0.39 is 86.3 Å². The molecule has 2 saturated heterocycles. The van der Waals surface area contributed by atoms with Crippen molar-refractivity contribution in [3.05, 3.63) is 115 Å². The summed E-state index contributed by atoms with van der Waals surface area (Å²) in [6.07, 6.45) is 9.35. The van der Waals surface area contributed by atoms with Crippen molar-refractivity contribution in [2.45, 2.75) is 177 Å². The van der Waals surface area contributed by atoms with Crippen LogP contribution in [0.2, 0.25) is 20.4 Å². The van der Waals surface area contributed by atoms with Gasteiger partial charge in [-0.15, -0.1) is 0 Å². The van der Waals surface area contributed by atoms with E-state index in [0.29, 0.717) is 72.1 Å². The summed E-state index contributed by atoms with van der Waals surface area (Å²) < 4.78 is 42.4. The van der Waals surface area contributed by atoms with Gasteiger partial charge in [0.05, 0.1) is 54.4 Å². The van der Waals surface area contributed by atoms with Gasteiger partial charge < -0.3 is 51.4 Å². The van der Waals surface area contributed by atoms with Gasteiger partial charge in [-0.1, -0.05) is 86.2 Å². The number of hydrogen-bond acceptors (Lipinski definition) is 13. The number of pyridine rings is 2. The number of carboxylic acids is 1. The maximum Gasteiger partial charge on any atom is 0.307 e. The number of aromatic nitrogens is 2. The maximum atomic E-state index is 16.1. The number of carbonyl (C=O) groups is 4. The van der Waals surface area contributed by atoms with Crippen LogP contribution in [-0.4, -0.2) is 115 Å². The fourth-order valence-electron chi connectivity index (χ4n) is 17.1. The lowest BCUT2D eigenvalue weighted by molar-refractivity contribution is -0.171. The number of benzene rings is 2. The maximum absolute atomic E-state index is 16.1. The van der Waals surface area contributed by atoms with Crippen molar-refractivity contribution in [3.8, 4) is 0 Å². The van der Waals surface area contributed by atoms with Crippen LogP contribution in [0.4, 0.5) is 20.2 Å². The number of aliphatic hydroxyl groups excluding tert-OH is 2. The van der Waals surface area contributed by atoms with E-state index >= 15 is 8.78 Å². The van der Waals surface area contributed by atoms with E-state index in [9.17, 15) is 39.6 Å². The van der Waals surface area contributed by atoms with E-state index in [4.69, 9.17) is 66.7 Å². The molecule has 2 aromatic heterocycles. The number of fused-ring (bicyclic) bond motifs is 6. The van der Waals surface area contributed by atoms with Gasteiger partial charge >= 0.3 is 5.97 Å². The van der Waals surface area contributed by atoms with Gasteiger partial charge in [0, 0.05) is 64.0 Å². The van der Waals surface area contributed by atoms with Crippen molar-refractivity contribution in [1.29, 1.82) is 0 Å². The molecule has 4 aliphatic carbocycles. The molecule has 12 rings (SSSR count). The van der Waals surface area contributed by atoms with E-state index in [1.165, 1.54) is 18.5 Å². The molecule has 12 atom stereocenters. The van der Waals surface area contributed by atoms with Crippen LogP contribution in [0, 0.1) is 51.0 Å². The standard InChI is InChI=1S/C33H39Cl2FN2O5.C25H25Cl2FN2O3.C7H15NO3/c1-30(2)7-9-32(10-8-30)15-21(24(40)12-18-14-31(3,42)25(16-39)43-17-18)26(20-6-11-37-28(35)27(20)36)33(32)22-5-4-19(34)13-23(22)38-29(33)41;1-23(2)6-8-24(9-7-23)12-15(21(31)32)18(14-5-10-29-20(27)19(14)28)25(24)16-4-3-13(26)11-17(16)30-22(25)33;1-7(10)2-5(8)4-11-6(7)3-9/h4-6,11,13,18,21,25-26,39,42H,7-10,12,14-17H2,1-3H3,(H,38,41);3-5,10-11,15,18H,6-9,12H2,1-2H3,(H,30,33)(H,31,32);5-6,9-10H,2-4,8H2,1H3/t18-,21+,25-,26+,31?,33-;15-,18+,25?;5-,6-,7?/m111/s1. The van der Waals surface area contributed by atoms with Crippen LogP contribution < -0.4 is 16.4 Å². The number of anilines is 2. The summed E-state index contributed by atoms with van der Waals surface area (Å²) in [4.78, 5) is 63.5. The fraction of sp³-hybridized carbons (Fsp3) is 0.600. The Labute approximate surface area is 526 Å². The highest BCUT2D eigenvalue weighted by Crippen LogP contribution is 2.74. The van der Waals surface area contributed by atoms with Crippen LogP contribution in [0.25, 0.3) is 0 Å². The van der Waals surface area contributed by atoms with Crippen LogP contribution in [0.3, 0.4) is 0 Å². The van der Waals surface area contributed by atoms with Crippen molar-refractivity contribution >= 4 is 81.3 Å². The van der Waals surface area contributed by atoms with Crippen molar-refractivity contribution in [1.82, 2.24) is 9.97 Å². The van der Waals surface area contributed by atoms with Crippen LogP contribution in [-0.2, 0) is 39.5 Å². The van der Waals surface area contributed by atoms with E-state index in [1.807, 2.05) is 6.07 Å². The number of amides is 2. The molecule has 4 aliphatic heterocycles. The molecular weight excluding hydrogens is 1210 g/mol. The molecule has 0 radical (unpaired) electrons. The molecule has 16 nitrogen and oxygen atoms in total. The number of hydrogen-bond donors (Lipinski definition) is 8. The predicted octanol–water partition coefficient (Wildman–Crippen LogP) is 11.3. The molecule has 472 valence electrons. The average Bonchev–Trinajstić information content (AvgIpc) is 1.53. The van der Waals surface area contributed by atoms with E-state index in [2.05, 4.69) is 48.3 Å². The number of carbonyl (C=O) groups excluding carboxylic acids is 3. The number of Topliss-reactive ketones (excluding diaryl/α,β-unsaturated/α-hetero) is 1. The summed E-state index contributed by atoms with van der Waals surface area (Å²) in [5, 5.41) is 55.7. The highest BCUT2D eigenvalue weighted by molar-refractivity contribution is 6.32. The molecule has 2 aromatic carbocycles. The number of nitrogens with two attached hydrogens (primary N) is 1. The smallest absolute Gasteiger partial charge is 0.307 e. The number of nitrogens with one attached hydrogen (secondary N) is 2. The Morgan fingerprint density at radius 1 is 0.621 bits per heavy atom. The molecular formula is C65H79Cl4F2N5O11. The molecule has 3 unspecified atom stereocenters. The van der Waals surface area contributed by atoms with Crippen LogP contribution in [0.1, 0.15) is 159 Å². The quantitative estimate of drug-likeness (QED) is 0.0763. The average molecular weight is 1290 g/mol. The molecule has 4 spiro atoms. The topological polar surface area (TPSA) is 264 Å². The fourth-order valence-corrected chi connectivity index (χ4v) is 17.8. The van der Waals surface area contributed by atoms with Gasteiger partial charge in [-0.3, -0.25) is 19.2 Å². The van der Waals surface area contributed by atoms with Crippen LogP contribution >= 0.6 is 46.4 Å². The van der Waals surface area contributed by atoms with Crippen LogP contribution in [0.15, 0.2) is 60.9 Å². The third-order valence-corrected chi connectivity index (χ3v) is 22.6. The molecule has 4 saturated carbocycles. The Hall–Kier alpha value is -4.44. The van der Waals surface area contributed by atoms with Gasteiger partial charge in [-0.05, 0) is 177 Å². The third kappa shape index (κ3) is 11.3. The van der Waals surface area contributed by atoms with Gasteiger partial charge in [-0.2, -0.15) is 0 Å².